The van der Waals surface area contributed by atoms with E-state index in [1.54, 1.807) is 13.0 Å². The van der Waals surface area contributed by atoms with Crippen molar-refractivity contribution in [1.29, 1.82) is 0 Å². The monoisotopic (exact) mass is 291 g/mol. The third-order valence-corrected chi connectivity index (χ3v) is 4.06. The quantitative estimate of drug-likeness (QED) is 0.666. The van der Waals surface area contributed by atoms with Crippen LogP contribution < -0.4 is 5.32 Å². The highest BCUT2D eigenvalue weighted by atomic mass is 16.6. The first-order valence-corrected chi connectivity index (χ1v) is 7.30. The average Bonchev–Trinajstić information content (AvgIpc) is 2.91. The van der Waals surface area contributed by atoms with Crippen LogP contribution in [0, 0.1) is 17.0 Å². The van der Waals surface area contributed by atoms with Crippen molar-refractivity contribution in [3.8, 4) is 0 Å². The third-order valence-electron chi connectivity index (χ3n) is 4.06. The Morgan fingerprint density at radius 3 is 2.90 bits per heavy atom. The van der Waals surface area contributed by atoms with E-state index in [1.807, 2.05) is 0 Å². The van der Waals surface area contributed by atoms with Crippen molar-refractivity contribution in [3.05, 3.63) is 39.4 Å². The zero-order valence-corrected chi connectivity index (χ0v) is 12.5. The van der Waals surface area contributed by atoms with E-state index in [4.69, 9.17) is 0 Å². The highest BCUT2D eigenvalue weighted by Gasteiger charge is 2.23. The molecule has 0 spiro atoms. The molecular formula is C15H21N3O3. The molecule has 0 aliphatic carbocycles. The summed E-state index contributed by atoms with van der Waals surface area (Å²) < 4.78 is 0. The van der Waals surface area contributed by atoms with Gasteiger partial charge in [-0.2, -0.15) is 0 Å². The Hall–Kier alpha value is -1.95. The maximum atomic E-state index is 12.1. The number of benzene rings is 1. The summed E-state index contributed by atoms with van der Waals surface area (Å²) in [5.74, 6) is -0.170. The fourth-order valence-corrected chi connectivity index (χ4v) is 2.86. The summed E-state index contributed by atoms with van der Waals surface area (Å²) in [5.41, 5.74) is 1.02. The fourth-order valence-electron chi connectivity index (χ4n) is 2.86. The van der Waals surface area contributed by atoms with Crippen LogP contribution in [0.25, 0.3) is 0 Å². The Labute approximate surface area is 124 Å². The first-order chi connectivity index (χ1) is 10.0. The number of likely N-dealkylation sites (N-methyl/N-ethyl adjacent to an activating group) is 1. The van der Waals surface area contributed by atoms with Gasteiger partial charge in [0.1, 0.15) is 0 Å². The van der Waals surface area contributed by atoms with Gasteiger partial charge in [0, 0.05) is 29.8 Å². The topological polar surface area (TPSA) is 75.5 Å². The SMILES string of the molecule is CCN1CCC[C@H]1CNC(=O)c1ccc([N+](=O)[O-])c(C)c1. The van der Waals surface area contributed by atoms with Gasteiger partial charge < -0.3 is 5.32 Å². The molecule has 21 heavy (non-hydrogen) atoms. The maximum Gasteiger partial charge on any atom is 0.272 e. The molecule has 1 N–H and O–H groups in total. The van der Waals surface area contributed by atoms with Crippen molar-refractivity contribution in [1.82, 2.24) is 10.2 Å². The third kappa shape index (κ3) is 3.58. The highest BCUT2D eigenvalue weighted by molar-refractivity contribution is 5.94. The first kappa shape index (κ1) is 15.4. The summed E-state index contributed by atoms with van der Waals surface area (Å²) in [4.78, 5) is 24.8. The number of nitrogens with zero attached hydrogens (tertiary/aromatic N) is 2. The molecule has 1 aromatic rings. The summed E-state index contributed by atoms with van der Waals surface area (Å²) in [5, 5.41) is 13.7. The second-order valence-electron chi connectivity index (χ2n) is 5.39. The lowest BCUT2D eigenvalue weighted by Crippen LogP contribution is -2.40. The number of carbonyl (C=O) groups is 1. The van der Waals surface area contributed by atoms with E-state index in [0.717, 1.165) is 19.5 Å². The molecule has 1 atom stereocenters. The van der Waals surface area contributed by atoms with E-state index in [-0.39, 0.29) is 11.6 Å². The summed E-state index contributed by atoms with van der Waals surface area (Å²) in [6.07, 6.45) is 2.28. The van der Waals surface area contributed by atoms with Crippen LogP contribution in [0.5, 0.6) is 0 Å². The van der Waals surface area contributed by atoms with Gasteiger partial charge in [0.15, 0.2) is 0 Å². The number of aryl methyl sites for hydroxylation is 1. The number of carbonyl (C=O) groups excluding carboxylic acids is 1. The summed E-state index contributed by atoms with van der Waals surface area (Å²) in [6, 6.07) is 4.86. The molecule has 1 aliphatic rings. The van der Waals surface area contributed by atoms with E-state index >= 15 is 0 Å². The first-order valence-electron chi connectivity index (χ1n) is 7.30. The molecule has 0 bridgehead atoms. The van der Waals surface area contributed by atoms with Crippen LogP contribution >= 0.6 is 0 Å². The van der Waals surface area contributed by atoms with Gasteiger partial charge in [0.2, 0.25) is 0 Å². The van der Waals surface area contributed by atoms with Gasteiger partial charge in [0.05, 0.1) is 4.92 Å². The van der Waals surface area contributed by atoms with Crippen molar-refractivity contribution >= 4 is 11.6 Å². The van der Waals surface area contributed by atoms with E-state index in [1.165, 1.54) is 18.6 Å². The van der Waals surface area contributed by atoms with Gasteiger partial charge in [-0.15, -0.1) is 0 Å². The lowest BCUT2D eigenvalue weighted by Gasteiger charge is -2.22. The molecule has 1 saturated heterocycles. The van der Waals surface area contributed by atoms with Crippen LogP contribution in [0.1, 0.15) is 35.7 Å². The van der Waals surface area contributed by atoms with Gasteiger partial charge in [-0.05, 0) is 45.0 Å². The number of amides is 1. The van der Waals surface area contributed by atoms with Crippen LogP contribution in [0.4, 0.5) is 5.69 Å². The van der Waals surface area contributed by atoms with E-state index < -0.39 is 4.92 Å². The smallest absolute Gasteiger partial charge is 0.272 e. The fraction of sp³-hybridized carbons (Fsp3) is 0.533. The van der Waals surface area contributed by atoms with Crippen LogP contribution in [0.3, 0.4) is 0 Å². The van der Waals surface area contributed by atoms with Crippen LogP contribution in [0.15, 0.2) is 18.2 Å². The Balaban J connectivity index is 1.97. The minimum Gasteiger partial charge on any atom is -0.350 e. The normalized spacial score (nSPS) is 18.7. The molecule has 0 saturated carbocycles. The number of nitro groups is 1. The molecule has 6 heteroatoms. The molecule has 1 amide bonds. The van der Waals surface area contributed by atoms with Crippen molar-refractivity contribution in [2.24, 2.45) is 0 Å². The maximum absolute atomic E-state index is 12.1. The average molecular weight is 291 g/mol. The molecule has 0 unspecified atom stereocenters. The van der Waals surface area contributed by atoms with Crippen molar-refractivity contribution < 1.29 is 9.72 Å². The second kappa shape index (κ2) is 6.67. The molecule has 1 heterocycles. The Morgan fingerprint density at radius 2 is 2.29 bits per heavy atom. The van der Waals surface area contributed by atoms with Gasteiger partial charge in [-0.25, -0.2) is 0 Å². The Morgan fingerprint density at radius 1 is 1.52 bits per heavy atom. The van der Waals surface area contributed by atoms with Crippen molar-refractivity contribution in [2.45, 2.75) is 32.7 Å². The van der Waals surface area contributed by atoms with Gasteiger partial charge in [-0.3, -0.25) is 19.8 Å². The number of nitrogens with one attached hydrogen (secondary N) is 1. The molecule has 6 nitrogen and oxygen atoms in total. The minimum absolute atomic E-state index is 0.0412. The predicted octanol–water partition coefficient (Wildman–Crippen LogP) is 2.12. The van der Waals surface area contributed by atoms with Crippen LogP contribution in [-0.4, -0.2) is 41.4 Å². The van der Waals surface area contributed by atoms with Gasteiger partial charge >= 0.3 is 0 Å². The van der Waals surface area contributed by atoms with Crippen LogP contribution in [0.2, 0.25) is 0 Å². The zero-order chi connectivity index (χ0) is 15.4. The van der Waals surface area contributed by atoms with Gasteiger partial charge in [0.25, 0.3) is 11.6 Å². The van der Waals surface area contributed by atoms with E-state index in [2.05, 4.69) is 17.1 Å². The number of nitro benzene ring substituents is 1. The molecule has 1 aromatic carbocycles. The Kier molecular flexibility index (Phi) is 4.90. The minimum atomic E-state index is -0.436. The van der Waals surface area contributed by atoms with Crippen molar-refractivity contribution in [2.75, 3.05) is 19.6 Å². The summed E-state index contributed by atoms with van der Waals surface area (Å²) in [6.45, 7) is 6.48. The second-order valence-corrected chi connectivity index (χ2v) is 5.39. The highest BCUT2D eigenvalue weighted by Crippen LogP contribution is 2.19. The van der Waals surface area contributed by atoms with Crippen LogP contribution in [-0.2, 0) is 0 Å². The largest absolute Gasteiger partial charge is 0.350 e. The lowest BCUT2D eigenvalue weighted by atomic mass is 10.1. The Bertz CT molecular complexity index is 545. The molecule has 1 aliphatic heterocycles. The van der Waals surface area contributed by atoms with E-state index in [0.29, 0.717) is 23.7 Å². The number of likely N-dealkylation sites (tertiary alicyclic amines) is 1. The predicted molar refractivity (Wildman–Crippen MR) is 80.4 cm³/mol. The molecule has 2 rings (SSSR count). The zero-order valence-electron chi connectivity index (χ0n) is 12.5. The standard InChI is InChI=1S/C15H21N3O3/c1-3-17-8-4-5-13(17)10-16-15(19)12-6-7-14(18(20)21)11(2)9-12/h6-7,9,13H,3-5,8,10H2,1-2H3,(H,16,19)/t13-/m0/s1. The number of hydrogen-bond donors (Lipinski definition) is 1. The number of rotatable bonds is 5. The molecule has 114 valence electrons. The van der Waals surface area contributed by atoms with Gasteiger partial charge in [-0.1, -0.05) is 6.92 Å². The molecule has 1 fully saturated rings. The molecular weight excluding hydrogens is 270 g/mol. The lowest BCUT2D eigenvalue weighted by molar-refractivity contribution is -0.385. The van der Waals surface area contributed by atoms with Crippen molar-refractivity contribution in [3.63, 3.8) is 0 Å². The molecule has 0 aromatic heterocycles. The summed E-state index contributed by atoms with van der Waals surface area (Å²) >= 11 is 0. The molecule has 0 radical (unpaired) electrons. The number of hydrogen-bond acceptors (Lipinski definition) is 4. The van der Waals surface area contributed by atoms with E-state index in [9.17, 15) is 14.9 Å². The summed E-state index contributed by atoms with van der Waals surface area (Å²) in [7, 11) is 0.